The van der Waals surface area contributed by atoms with Gasteiger partial charge in [-0.1, -0.05) is 44.0 Å². The molecule has 134 valence electrons. The normalized spacial score (nSPS) is 13.1. The summed E-state index contributed by atoms with van der Waals surface area (Å²) in [6.45, 7) is 3.65. The van der Waals surface area contributed by atoms with Gasteiger partial charge in [0.1, 0.15) is 12.6 Å². The Kier molecular flexibility index (Phi) is 6.46. The molecule has 0 bridgehead atoms. The molecule has 0 fully saturated rings. The van der Waals surface area contributed by atoms with Gasteiger partial charge >= 0.3 is 5.97 Å². The molecule has 0 aliphatic carbocycles. The van der Waals surface area contributed by atoms with E-state index in [0.717, 1.165) is 11.2 Å². The van der Waals surface area contributed by atoms with E-state index in [0.29, 0.717) is 16.4 Å². The van der Waals surface area contributed by atoms with Gasteiger partial charge in [0.15, 0.2) is 0 Å². The molecule has 1 aromatic carbocycles. The number of hydrogen-bond donors (Lipinski definition) is 1. The van der Waals surface area contributed by atoms with Crippen LogP contribution in [0.25, 0.3) is 11.4 Å². The first-order valence-corrected chi connectivity index (χ1v) is 8.23. The van der Waals surface area contributed by atoms with Crippen molar-refractivity contribution in [3.05, 3.63) is 29.3 Å². The van der Waals surface area contributed by atoms with Crippen LogP contribution < -0.4 is 5.32 Å². The first-order chi connectivity index (χ1) is 11.9. The van der Waals surface area contributed by atoms with Crippen molar-refractivity contribution in [2.24, 2.45) is 5.92 Å². The molecule has 8 nitrogen and oxygen atoms in total. The van der Waals surface area contributed by atoms with Gasteiger partial charge in [-0.05, 0) is 23.3 Å². The SMILES string of the molecule is CC[C@@H](C)[C@H](NC(=O)Cn1nnc(-c2cccc(Cl)c2)n1)C(=O)OC. The van der Waals surface area contributed by atoms with Crippen molar-refractivity contribution >= 4 is 23.5 Å². The third-order valence-electron chi connectivity index (χ3n) is 3.81. The van der Waals surface area contributed by atoms with Gasteiger partial charge in [-0.2, -0.15) is 4.80 Å². The maximum atomic E-state index is 12.2. The lowest BCUT2D eigenvalue weighted by atomic mass is 9.99. The Balaban J connectivity index is 2.04. The van der Waals surface area contributed by atoms with Crippen molar-refractivity contribution < 1.29 is 14.3 Å². The number of tetrazole rings is 1. The molecule has 1 heterocycles. The monoisotopic (exact) mass is 365 g/mol. The minimum atomic E-state index is -0.710. The van der Waals surface area contributed by atoms with Gasteiger partial charge in [0.2, 0.25) is 11.7 Å². The second-order valence-corrected chi connectivity index (χ2v) is 6.04. The molecule has 0 unspecified atom stereocenters. The highest BCUT2D eigenvalue weighted by Crippen LogP contribution is 2.18. The highest BCUT2D eigenvalue weighted by molar-refractivity contribution is 6.30. The number of carbonyl (C=O) groups is 2. The third kappa shape index (κ3) is 4.99. The molecule has 2 atom stereocenters. The first kappa shape index (κ1) is 18.9. The Morgan fingerprint density at radius 1 is 1.40 bits per heavy atom. The number of rotatable bonds is 7. The fourth-order valence-electron chi connectivity index (χ4n) is 2.20. The van der Waals surface area contributed by atoms with Crippen molar-refractivity contribution in [2.45, 2.75) is 32.9 Å². The van der Waals surface area contributed by atoms with Crippen LogP contribution in [-0.4, -0.2) is 45.2 Å². The summed E-state index contributed by atoms with van der Waals surface area (Å²) in [6.07, 6.45) is 0.723. The molecule has 9 heteroatoms. The van der Waals surface area contributed by atoms with Gasteiger partial charge in [0.25, 0.3) is 0 Å². The number of esters is 1. The summed E-state index contributed by atoms with van der Waals surface area (Å²) in [4.78, 5) is 25.2. The minimum Gasteiger partial charge on any atom is -0.467 e. The Labute approximate surface area is 150 Å². The summed E-state index contributed by atoms with van der Waals surface area (Å²) in [5, 5.41) is 15.1. The Bertz CT molecular complexity index is 749. The van der Waals surface area contributed by atoms with Gasteiger partial charge in [0, 0.05) is 10.6 Å². The van der Waals surface area contributed by atoms with Crippen LogP contribution in [0.4, 0.5) is 0 Å². The topological polar surface area (TPSA) is 99.0 Å². The van der Waals surface area contributed by atoms with Crippen LogP contribution in [0.15, 0.2) is 24.3 Å². The number of carbonyl (C=O) groups excluding carboxylic acids is 2. The molecule has 0 spiro atoms. The first-order valence-electron chi connectivity index (χ1n) is 7.85. The van der Waals surface area contributed by atoms with E-state index >= 15 is 0 Å². The highest BCUT2D eigenvalue weighted by atomic mass is 35.5. The van der Waals surface area contributed by atoms with Crippen LogP contribution in [0.1, 0.15) is 20.3 Å². The van der Waals surface area contributed by atoms with E-state index in [2.05, 4.69) is 20.7 Å². The summed E-state index contributed by atoms with van der Waals surface area (Å²) in [6, 6.07) is 6.31. The quantitative estimate of drug-likeness (QED) is 0.750. The number of halogens is 1. The van der Waals surface area contributed by atoms with Crippen molar-refractivity contribution in [3.8, 4) is 11.4 Å². The Hall–Kier alpha value is -2.48. The second kappa shape index (κ2) is 8.57. The van der Waals surface area contributed by atoms with Crippen LogP contribution in [0, 0.1) is 5.92 Å². The van der Waals surface area contributed by atoms with Gasteiger partial charge in [0.05, 0.1) is 7.11 Å². The van der Waals surface area contributed by atoms with E-state index in [1.165, 1.54) is 7.11 Å². The van der Waals surface area contributed by atoms with Crippen LogP contribution in [0.3, 0.4) is 0 Å². The average molecular weight is 366 g/mol. The van der Waals surface area contributed by atoms with Gasteiger partial charge < -0.3 is 10.1 Å². The lowest BCUT2D eigenvalue weighted by Gasteiger charge is -2.21. The molecule has 0 radical (unpaired) electrons. The number of benzene rings is 1. The average Bonchev–Trinajstić information content (AvgIpc) is 3.06. The van der Waals surface area contributed by atoms with Crippen LogP contribution in [0.2, 0.25) is 5.02 Å². The molecule has 2 aromatic rings. The van der Waals surface area contributed by atoms with E-state index in [1.807, 2.05) is 13.8 Å². The Morgan fingerprint density at radius 3 is 2.80 bits per heavy atom. The van der Waals surface area contributed by atoms with Gasteiger partial charge in [-0.25, -0.2) is 4.79 Å². The van der Waals surface area contributed by atoms with E-state index in [4.69, 9.17) is 16.3 Å². The fraction of sp³-hybridized carbons (Fsp3) is 0.438. The summed E-state index contributed by atoms with van der Waals surface area (Å²) >= 11 is 5.94. The van der Waals surface area contributed by atoms with Crippen molar-refractivity contribution in [1.82, 2.24) is 25.5 Å². The number of methoxy groups -OCH3 is 1. The molecule has 0 saturated carbocycles. The molecular weight excluding hydrogens is 346 g/mol. The van der Waals surface area contributed by atoms with Gasteiger partial charge in [-0.15, -0.1) is 10.2 Å². The molecule has 1 N–H and O–H groups in total. The zero-order chi connectivity index (χ0) is 18.4. The Morgan fingerprint density at radius 2 is 2.16 bits per heavy atom. The summed E-state index contributed by atoms with van der Waals surface area (Å²) in [7, 11) is 1.29. The third-order valence-corrected chi connectivity index (χ3v) is 4.04. The van der Waals surface area contributed by atoms with Crippen molar-refractivity contribution in [3.63, 3.8) is 0 Å². The summed E-state index contributed by atoms with van der Waals surface area (Å²) < 4.78 is 4.74. The number of amides is 1. The summed E-state index contributed by atoms with van der Waals surface area (Å²) in [5.74, 6) is -0.566. The number of aromatic nitrogens is 4. The van der Waals surface area contributed by atoms with E-state index < -0.39 is 17.9 Å². The zero-order valence-electron chi connectivity index (χ0n) is 14.3. The maximum absolute atomic E-state index is 12.2. The summed E-state index contributed by atoms with van der Waals surface area (Å²) in [5.41, 5.74) is 0.700. The standard InChI is InChI=1S/C16H20ClN5O3/c1-4-10(2)14(16(24)25-3)18-13(23)9-22-20-15(19-21-22)11-6-5-7-12(17)8-11/h5-8,10,14H,4,9H2,1-3H3,(H,18,23)/t10-,14+/m1/s1. The van der Waals surface area contributed by atoms with E-state index in [1.54, 1.807) is 24.3 Å². The number of ether oxygens (including phenoxy) is 1. The molecule has 0 aliphatic heterocycles. The van der Waals surface area contributed by atoms with Crippen LogP contribution >= 0.6 is 11.6 Å². The molecule has 0 aliphatic rings. The van der Waals surface area contributed by atoms with Crippen LogP contribution in [-0.2, 0) is 20.9 Å². The highest BCUT2D eigenvalue weighted by Gasteiger charge is 2.26. The number of hydrogen-bond acceptors (Lipinski definition) is 6. The van der Waals surface area contributed by atoms with E-state index in [-0.39, 0.29) is 12.5 Å². The largest absolute Gasteiger partial charge is 0.467 e. The number of nitrogens with zero attached hydrogens (tertiary/aromatic N) is 4. The predicted octanol–water partition coefficient (Wildman–Crippen LogP) is 1.70. The fourth-order valence-corrected chi connectivity index (χ4v) is 2.39. The molecule has 1 amide bonds. The minimum absolute atomic E-state index is 0.0536. The van der Waals surface area contributed by atoms with Crippen molar-refractivity contribution in [1.29, 1.82) is 0 Å². The maximum Gasteiger partial charge on any atom is 0.328 e. The molecule has 2 rings (SSSR count). The smallest absolute Gasteiger partial charge is 0.328 e. The predicted molar refractivity (Wildman–Crippen MR) is 91.7 cm³/mol. The van der Waals surface area contributed by atoms with Crippen LogP contribution in [0.5, 0.6) is 0 Å². The van der Waals surface area contributed by atoms with Crippen molar-refractivity contribution in [2.75, 3.05) is 7.11 Å². The molecule has 0 saturated heterocycles. The second-order valence-electron chi connectivity index (χ2n) is 5.61. The van der Waals surface area contributed by atoms with E-state index in [9.17, 15) is 9.59 Å². The lowest BCUT2D eigenvalue weighted by molar-refractivity contribution is -0.146. The zero-order valence-corrected chi connectivity index (χ0v) is 15.0. The lowest BCUT2D eigenvalue weighted by Crippen LogP contribution is -2.46. The number of nitrogens with one attached hydrogen (secondary N) is 1. The molecule has 1 aromatic heterocycles. The molecule has 25 heavy (non-hydrogen) atoms. The van der Waals surface area contributed by atoms with Gasteiger partial charge in [-0.3, -0.25) is 4.79 Å². The molecular formula is C16H20ClN5O3.